The van der Waals surface area contributed by atoms with Crippen molar-refractivity contribution in [2.45, 2.75) is 37.9 Å². The van der Waals surface area contributed by atoms with Crippen molar-refractivity contribution in [2.24, 2.45) is 0 Å². The molecule has 2 heterocycles. The molecule has 0 radical (unpaired) electrons. The topological polar surface area (TPSA) is 58.2 Å². The molecule has 2 aromatic rings. The van der Waals surface area contributed by atoms with Gasteiger partial charge in [0.2, 0.25) is 0 Å². The molecule has 1 amide bonds. The van der Waals surface area contributed by atoms with Crippen molar-refractivity contribution in [2.75, 3.05) is 13.1 Å². The van der Waals surface area contributed by atoms with E-state index in [0.29, 0.717) is 24.7 Å². The molecular weight excluding hydrogens is 370 g/mol. The molecule has 6 heteroatoms. The van der Waals surface area contributed by atoms with Gasteiger partial charge in [0.05, 0.1) is 22.8 Å². The maximum absolute atomic E-state index is 13.0. The summed E-state index contributed by atoms with van der Waals surface area (Å²) >= 11 is 3.56. The molecule has 1 aromatic carbocycles. The molecule has 2 aliphatic rings. The third-order valence-corrected chi connectivity index (χ3v) is 5.44. The molecule has 1 aliphatic carbocycles. The number of carbonyl (C=O) groups is 1. The van der Waals surface area contributed by atoms with Gasteiger partial charge in [0.15, 0.2) is 5.69 Å². The van der Waals surface area contributed by atoms with Crippen molar-refractivity contribution in [1.82, 2.24) is 15.1 Å². The molecule has 1 N–H and O–H groups in total. The number of aromatic nitrogens is 2. The second-order valence-corrected chi connectivity index (χ2v) is 7.42. The number of halogens is 1. The molecule has 0 bridgehead atoms. The zero-order valence-electron chi connectivity index (χ0n) is 13.5. The van der Waals surface area contributed by atoms with Crippen LogP contribution in [0.25, 0.3) is 0 Å². The van der Waals surface area contributed by atoms with Gasteiger partial charge in [-0.2, -0.15) is 5.10 Å². The molecule has 1 aliphatic heterocycles. The van der Waals surface area contributed by atoms with Gasteiger partial charge in [-0.25, -0.2) is 0 Å². The first-order valence-electron chi connectivity index (χ1n) is 8.37. The van der Waals surface area contributed by atoms with Crippen LogP contribution in [0, 0.1) is 0 Å². The van der Waals surface area contributed by atoms with Gasteiger partial charge in [-0.3, -0.25) is 9.89 Å². The fourth-order valence-corrected chi connectivity index (χ4v) is 3.92. The second kappa shape index (κ2) is 6.33. The molecule has 0 unspecified atom stereocenters. The number of benzene rings is 1. The van der Waals surface area contributed by atoms with E-state index in [1.807, 2.05) is 42.2 Å². The molecular formula is C18H20BrN3O2. The number of hydrogen-bond acceptors (Lipinski definition) is 3. The Hall–Kier alpha value is -1.66. The van der Waals surface area contributed by atoms with E-state index in [1.54, 1.807) is 0 Å². The smallest absolute Gasteiger partial charge is 0.275 e. The van der Waals surface area contributed by atoms with Crippen molar-refractivity contribution < 1.29 is 9.53 Å². The molecule has 1 saturated heterocycles. The number of ether oxygens (including phenoxy) is 1. The van der Waals surface area contributed by atoms with E-state index in [9.17, 15) is 4.79 Å². The van der Waals surface area contributed by atoms with E-state index in [2.05, 4.69) is 26.1 Å². The Kier molecular flexibility index (Phi) is 4.18. The lowest BCUT2D eigenvalue weighted by molar-refractivity contribution is -0.0693. The Morgan fingerprint density at radius 1 is 1.29 bits per heavy atom. The minimum absolute atomic E-state index is 0.00599. The zero-order valence-corrected chi connectivity index (χ0v) is 15.1. The van der Waals surface area contributed by atoms with Crippen LogP contribution in [0.5, 0.6) is 0 Å². The highest BCUT2D eigenvalue weighted by Gasteiger charge is 2.34. The number of aromatic amines is 1. The third-order valence-electron chi connectivity index (χ3n) is 4.64. The maximum Gasteiger partial charge on any atom is 0.275 e. The van der Waals surface area contributed by atoms with Crippen molar-refractivity contribution in [1.29, 1.82) is 0 Å². The van der Waals surface area contributed by atoms with Crippen molar-refractivity contribution >= 4 is 21.8 Å². The van der Waals surface area contributed by atoms with Crippen LogP contribution in [0.3, 0.4) is 0 Å². The number of hydrogen-bond donors (Lipinski definition) is 1. The predicted molar refractivity (Wildman–Crippen MR) is 93.9 cm³/mol. The minimum Gasteiger partial charge on any atom is -0.367 e. The quantitative estimate of drug-likeness (QED) is 0.871. The van der Waals surface area contributed by atoms with Gasteiger partial charge >= 0.3 is 0 Å². The largest absolute Gasteiger partial charge is 0.367 e. The van der Waals surface area contributed by atoms with Crippen molar-refractivity contribution in [3.05, 3.63) is 51.8 Å². The average Bonchev–Trinajstić information content (AvgIpc) is 3.37. The number of carbonyl (C=O) groups excluding carboxylic acids is 1. The van der Waals surface area contributed by atoms with Crippen LogP contribution < -0.4 is 0 Å². The number of nitrogens with zero attached hydrogens (tertiary/aromatic N) is 2. The van der Waals surface area contributed by atoms with E-state index in [0.717, 1.165) is 15.7 Å². The van der Waals surface area contributed by atoms with Gasteiger partial charge in [-0.05, 0) is 41.3 Å². The number of amides is 1. The van der Waals surface area contributed by atoms with E-state index < -0.39 is 0 Å². The summed E-state index contributed by atoms with van der Waals surface area (Å²) in [5, 5.41) is 7.31. The van der Waals surface area contributed by atoms with E-state index in [-0.39, 0.29) is 18.1 Å². The molecule has 2 fully saturated rings. The molecule has 126 valence electrons. The normalized spacial score (nSPS) is 24.2. The summed E-state index contributed by atoms with van der Waals surface area (Å²) in [5.74, 6) is 0.482. The van der Waals surface area contributed by atoms with Gasteiger partial charge in [-0.15, -0.1) is 0 Å². The summed E-state index contributed by atoms with van der Waals surface area (Å²) in [5.41, 5.74) is 2.64. The highest BCUT2D eigenvalue weighted by Crippen LogP contribution is 2.43. The van der Waals surface area contributed by atoms with Gasteiger partial charge in [-0.1, -0.05) is 30.3 Å². The Labute approximate surface area is 149 Å². The van der Waals surface area contributed by atoms with Crippen LogP contribution >= 0.6 is 15.9 Å². The second-order valence-electron chi connectivity index (χ2n) is 6.63. The Balaban J connectivity index is 1.55. The molecule has 4 rings (SSSR count). The lowest BCUT2D eigenvalue weighted by atomic mass is 10.1. The van der Waals surface area contributed by atoms with Crippen LogP contribution in [-0.4, -0.2) is 40.2 Å². The number of nitrogens with one attached hydrogen (secondary N) is 1. The van der Waals surface area contributed by atoms with Crippen LogP contribution in [0.2, 0.25) is 0 Å². The lowest BCUT2D eigenvalue weighted by Gasteiger charge is -2.36. The summed E-state index contributed by atoms with van der Waals surface area (Å²) in [6, 6.07) is 10.1. The molecule has 1 saturated carbocycles. The van der Waals surface area contributed by atoms with Gasteiger partial charge in [0, 0.05) is 12.5 Å². The lowest BCUT2D eigenvalue weighted by Crippen LogP contribution is -2.46. The minimum atomic E-state index is -0.0977. The first kappa shape index (κ1) is 15.8. The first-order valence-corrected chi connectivity index (χ1v) is 9.16. The van der Waals surface area contributed by atoms with E-state index >= 15 is 0 Å². The molecule has 0 spiro atoms. The number of H-pyrrole nitrogens is 1. The summed E-state index contributed by atoms with van der Waals surface area (Å²) in [4.78, 5) is 14.8. The molecule has 24 heavy (non-hydrogen) atoms. The number of rotatable bonds is 3. The fraction of sp³-hybridized carbons (Fsp3) is 0.444. The van der Waals surface area contributed by atoms with Crippen LogP contribution in [0.1, 0.15) is 53.5 Å². The van der Waals surface area contributed by atoms with Crippen molar-refractivity contribution in [3.63, 3.8) is 0 Å². The summed E-state index contributed by atoms with van der Waals surface area (Å²) < 4.78 is 6.86. The fourth-order valence-electron chi connectivity index (χ4n) is 3.24. The monoisotopic (exact) mass is 389 g/mol. The van der Waals surface area contributed by atoms with E-state index in [1.165, 1.54) is 12.8 Å². The first-order chi connectivity index (χ1) is 11.6. The third kappa shape index (κ3) is 3.00. The standard InChI is InChI=1S/C18H20BrN3O2/c1-11-9-22(10-14(24-11)12-5-3-2-4-6-12)18(23)17-15(19)16(20-21-17)13-7-8-13/h2-6,11,13-14H,7-10H2,1H3,(H,20,21)/t11-,14+/m1/s1. The molecule has 1 aromatic heterocycles. The maximum atomic E-state index is 13.0. The van der Waals surface area contributed by atoms with Crippen LogP contribution in [0.15, 0.2) is 34.8 Å². The number of morpholine rings is 1. The van der Waals surface area contributed by atoms with Crippen LogP contribution in [-0.2, 0) is 4.74 Å². The SMILES string of the molecule is C[C@@H]1CN(C(=O)c2n[nH]c(C3CC3)c2Br)C[C@@H](c2ccccc2)O1. The van der Waals surface area contributed by atoms with Crippen molar-refractivity contribution in [3.8, 4) is 0 Å². The van der Waals surface area contributed by atoms with Crippen LogP contribution in [0.4, 0.5) is 0 Å². The summed E-state index contributed by atoms with van der Waals surface area (Å²) in [6.07, 6.45) is 2.23. The Morgan fingerprint density at radius 3 is 2.75 bits per heavy atom. The summed E-state index contributed by atoms with van der Waals surface area (Å²) in [7, 11) is 0. The van der Waals surface area contributed by atoms with E-state index in [4.69, 9.17) is 4.74 Å². The molecule has 5 nitrogen and oxygen atoms in total. The van der Waals surface area contributed by atoms with Gasteiger partial charge in [0.25, 0.3) is 5.91 Å². The summed E-state index contributed by atoms with van der Waals surface area (Å²) in [6.45, 7) is 3.13. The average molecular weight is 390 g/mol. The van der Waals surface area contributed by atoms with Gasteiger partial charge in [0.1, 0.15) is 6.10 Å². The Bertz CT molecular complexity index is 742. The Morgan fingerprint density at radius 2 is 2.04 bits per heavy atom. The zero-order chi connectivity index (χ0) is 16.7. The molecule has 2 atom stereocenters. The van der Waals surface area contributed by atoms with Gasteiger partial charge < -0.3 is 9.64 Å². The predicted octanol–water partition coefficient (Wildman–Crippen LogP) is 3.65. The highest BCUT2D eigenvalue weighted by atomic mass is 79.9. The highest BCUT2D eigenvalue weighted by molar-refractivity contribution is 9.10.